The maximum Gasteiger partial charge on any atom is 0.194 e. The molecule has 0 bridgehead atoms. The van der Waals surface area contributed by atoms with Gasteiger partial charge < -0.3 is 4.74 Å². The third-order valence-electron chi connectivity index (χ3n) is 6.04. The van der Waals surface area contributed by atoms with Gasteiger partial charge in [-0.1, -0.05) is 66.7 Å². The molecule has 1 atom stereocenters. The number of hydrogen-bond acceptors (Lipinski definition) is 4. The average Bonchev–Trinajstić information content (AvgIpc) is 3.19. The van der Waals surface area contributed by atoms with Crippen LogP contribution in [0.4, 0.5) is 0 Å². The highest BCUT2D eigenvalue weighted by molar-refractivity contribution is 6.29. The van der Waals surface area contributed by atoms with Crippen LogP contribution in [0.2, 0.25) is 0 Å². The van der Waals surface area contributed by atoms with Gasteiger partial charge in [-0.2, -0.15) is 0 Å². The highest BCUT2D eigenvalue weighted by atomic mass is 16.5. The maximum absolute atomic E-state index is 13.3. The number of allylic oxidation sites excluding steroid dienone is 1. The van der Waals surface area contributed by atoms with Crippen LogP contribution in [0.3, 0.4) is 0 Å². The lowest BCUT2D eigenvalue weighted by molar-refractivity contribution is 0.0820. The van der Waals surface area contributed by atoms with Gasteiger partial charge in [-0.15, -0.1) is 0 Å². The number of carbonyl (C=O) groups excluding carboxylic acids is 3. The minimum absolute atomic E-state index is 0.174. The third-order valence-corrected chi connectivity index (χ3v) is 6.04. The van der Waals surface area contributed by atoms with Crippen LogP contribution in [0, 0.1) is 5.92 Å². The molecule has 1 aliphatic heterocycles. The molecular weight excluding hydrogens is 364 g/mol. The van der Waals surface area contributed by atoms with Crippen molar-refractivity contribution < 1.29 is 19.1 Å². The summed E-state index contributed by atoms with van der Waals surface area (Å²) in [5.74, 6) is -1.22. The van der Waals surface area contributed by atoms with E-state index in [-0.39, 0.29) is 17.3 Å². The van der Waals surface area contributed by atoms with Gasteiger partial charge in [0.25, 0.3) is 0 Å². The van der Waals surface area contributed by atoms with Crippen molar-refractivity contribution in [1.29, 1.82) is 0 Å². The van der Waals surface area contributed by atoms with E-state index in [9.17, 15) is 14.4 Å². The van der Waals surface area contributed by atoms with Crippen molar-refractivity contribution in [3.8, 4) is 5.75 Å². The molecule has 138 valence electrons. The summed E-state index contributed by atoms with van der Waals surface area (Å²) < 4.78 is 6.13. The molecule has 29 heavy (non-hydrogen) atoms. The lowest BCUT2D eigenvalue weighted by Crippen LogP contribution is -2.30. The molecule has 3 aromatic rings. The van der Waals surface area contributed by atoms with Crippen LogP contribution in [0.15, 0.2) is 78.4 Å². The van der Waals surface area contributed by atoms with Gasteiger partial charge in [-0.3, -0.25) is 14.4 Å². The van der Waals surface area contributed by atoms with Crippen molar-refractivity contribution >= 4 is 23.1 Å². The molecule has 0 unspecified atom stereocenters. The summed E-state index contributed by atoms with van der Waals surface area (Å²) >= 11 is 0. The first-order valence-corrected chi connectivity index (χ1v) is 9.49. The molecule has 0 saturated carbocycles. The van der Waals surface area contributed by atoms with E-state index in [2.05, 4.69) is 0 Å². The van der Waals surface area contributed by atoms with E-state index in [0.29, 0.717) is 44.9 Å². The average molecular weight is 378 g/mol. The van der Waals surface area contributed by atoms with E-state index in [1.54, 1.807) is 36.4 Å². The molecule has 0 radical (unpaired) electrons. The number of para-hydroxylation sites is 1. The normalized spacial score (nSPS) is 19.6. The lowest BCUT2D eigenvalue weighted by atomic mass is 9.75. The van der Waals surface area contributed by atoms with Crippen molar-refractivity contribution in [2.24, 2.45) is 5.92 Å². The van der Waals surface area contributed by atoms with Crippen LogP contribution < -0.4 is 4.74 Å². The Hall–Kier alpha value is -3.79. The first-order valence-electron chi connectivity index (χ1n) is 9.49. The van der Waals surface area contributed by atoms with E-state index >= 15 is 0 Å². The second-order valence-electron chi connectivity index (χ2n) is 7.49. The largest absolute Gasteiger partial charge is 0.456 e. The Morgan fingerprint density at radius 2 is 1.14 bits per heavy atom. The summed E-state index contributed by atoms with van der Waals surface area (Å²) in [6.45, 7) is 0. The van der Waals surface area contributed by atoms with Crippen molar-refractivity contribution in [1.82, 2.24) is 0 Å². The Morgan fingerprint density at radius 3 is 1.83 bits per heavy atom. The van der Waals surface area contributed by atoms with Gasteiger partial charge in [-0.05, 0) is 6.07 Å². The maximum atomic E-state index is 13.3. The summed E-state index contributed by atoms with van der Waals surface area (Å²) in [6.07, 6.45) is 0. The van der Waals surface area contributed by atoms with E-state index in [4.69, 9.17) is 4.74 Å². The van der Waals surface area contributed by atoms with Gasteiger partial charge in [-0.25, -0.2) is 0 Å². The SMILES string of the molecule is O=C1C2=C(Oc3ccccc3[C@H]2C2C(=O)c3ccccc3C2=O)c2ccccc21. The number of fused-ring (bicyclic) bond motifs is 4. The number of benzene rings is 3. The highest BCUT2D eigenvalue weighted by Gasteiger charge is 2.51. The van der Waals surface area contributed by atoms with Crippen molar-refractivity contribution in [2.45, 2.75) is 5.92 Å². The van der Waals surface area contributed by atoms with Gasteiger partial charge in [0.1, 0.15) is 11.5 Å². The van der Waals surface area contributed by atoms with Crippen LogP contribution >= 0.6 is 0 Å². The van der Waals surface area contributed by atoms with Gasteiger partial charge >= 0.3 is 0 Å². The zero-order valence-corrected chi connectivity index (χ0v) is 15.2. The van der Waals surface area contributed by atoms with E-state index in [0.717, 1.165) is 0 Å². The number of rotatable bonds is 1. The van der Waals surface area contributed by atoms with Crippen molar-refractivity contribution in [2.75, 3.05) is 0 Å². The molecule has 0 aromatic heterocycles. The molecule has 1 heterocycles. The molecule has 2 aliphatic carbocycles. The molecule has 4 nitrogen and oxygen atoms in total. The number of carbonyl (C=O) groups is 3. The Kier molecular flexibility index (Phi) is 3.13. The highest BCUT2D eigenvalue weighted by Crippen LogP contribution is 2.52. The lowest BCUT2D eigenvalue weighted by Gasteiger charge is -2.29. The molecule has 0 amide bonds. The molecule has 0 saturated heterocycles. The zero-order valence-electron chi connectivity index (χ0n) is 15.2. The first kappa shape index (κ1) is 16.2. The monoisotopic (exact) mass is 378 g/mol. The summed E-state index contributed by atoms with van der Waals surface area (Å²) in [5, 5.41) is 0. The minimum Gasteiger partial charge on any atom is -0.456 e. The topological polar surface area (TPSA) is 60.4 Å². The predicted molar refractivity (Wildman–Crippen MR) is 106 cm³/mol. The molecule has 6 rings (SSSR count). The number of ether oxygens (including phenoxy) is 1. The van der Waals surface area contributed by atoms with Crippen LogP contribution in [-0.2, 0) is 0 Å². The number of ketones is 3. The number of Topliss-reactive ketones (excluding diaryl/α,β-unsaturated/α-hetero) is 3. The molecule has 4 heteroatoms. The number of hydrogen-bond donors (Lipinski definition) is 0. The Morgan fingerprint density at radius 1 is 0.586 bits per heavy atom. The van der Waals surface area contributed by atoms with Crippen molar-refractivity contribution in [3.63, 3.8) is 0 Å². The van der Waals surface area contributed by atoms with E-state index < -0.39 is 11.8 Å². The van der Waals surface area contributed by atoms with Gasteiger partial charge in [0.15, 0.2) is 17.3 Å². The second-order valence-corrected chi connectivity index (χ2v) is 7.49. The molecule has 0 fully saturated rings. The summed E-state index contributed by atoms with van der Waals surface area (Å²) in [7, 11) is 0. The van der Waals surface area contributed by atoms with Gasteiger partial charge in [0, 0.05) is 33.7 Å². The van der Waals surface area contributed by atoms with Crippen LogP contribution in [0.25, 0.3) is 5.76 Å². The van der Waals surface area contributed by atoms with Crippen LogP contribution in [0.1, 0.15) is 48.1 Å². The first-order chi connectivity index (χ1) is 14.2. The van der Waals surface area contributed by atoms with E-state index in [1.165, 1.54) is 0 Å². The standard InChI is InChI=1S/C25H14O4/c26-22-13-7-1-2-8-14(13)23(27)20(22)19-17-11-5-6-12-18(17)29-25-16-10-4-3-9-15(16)24(28)21(19)25/h1-12,19-20H/t19-/m0/s1. The minimum atomic E-state index is -0.958. The molecular formula is C25H14O4. The molecule has 3 aliphatic rings. The molecule has 3 aromatic carbocycles. The fourth-order valence-electron chi connectivity index (χ4n) is 4.78. The predicted octanol–water partition coefficient (Wildman–Crippen LogP) is 4.47. The van der Waals surface area contributed by atoms with Gasteiger partial charge in [0.2, 0.25) is 0 Å². The van der Waals surface area contributed by atoms with E-state index in [1.807, 2.05) is 36.4 Å². The summed E-state index contributed by atoms with van der Waals surface area (Å²) in [4.78, 5) is 39.9. The Labute approximate surface area is 166 Å². The van der Waals surface area contributed by atoms with Crippen molar-refractivity contribution in [3.05, 3.63) is 106 Å². The van der Waals surface area contributed by atoms with Crippen LogP contribution in [-0.4, -0.2) is 17.3 Å². The second kappa shape index (κ2) is 5.61. The summed E-state index contributed by atoms with van der Waals surface area (Å²) in [6, 6.07) is 21.5. The third kappa shape index (κ3) is 2.00. The smallest absolute Gasteiger partial charge is 0.194 e. The van der Waals surface area contributed by atoms with Gasteiger partial charge in [0.05, 0.1) is 11.5 Å². The quantitative estimate of drug-likeness (QED) is 0.587. The molecule has 0 N–H and O–H groups in total. The Bertz CT molecular complexity index is 1260. The fraction of sp³-hybridized carbons (Fsp3) is 0.0800. The Balaban J connectivity index is 1.60. The summed E-state index contributed by atoms with van der Waals surface area (Å²) in [5.41, 5.74) is 3.22. The van der Waals surface area contributed by atoms with Crippen LogP contribution in [0.5, 0.6) is 5.75 Å². The molecule has 0 spiro atoms. The fourth-order valence-corrected chi connectivity index (χ4v) is 4.78. The zero-order chi connectivity index (χ0) is 19.7.